The summed E-state index contributed by atoms with van der Waals surface area (Å²) in [6, 6.07) is 4.89. The van der Waals surface area contributed by atoms with Crippen LogP contribution in [-0.4, -0.2) is 37.8 Å². The third-order valence-electron chi connectivity index (χ3n) is 5.25. The fraction of sp³-hybridized carbons (Fsp3) is 0.450. The molecule has 10 heteroatoms. The number of aryl methyl sites for hydroxylation is 1. The molecule has 2 aliphatic rings. The minimum absolute atomic E-state index is 0.00347. The number of rotatable bonds is 7. The highest BCUT2D eigenvalue weighted by atomic mass is 32.2. The minimum atomic E-state index is -3.75. The lowest BCUT2D eigenvalue weighted by molar-refractivity contribution is -0.120. The molecule has 1 saturated carbocycles. The van der Waals surface area contributed by atoms with Crippen molar-refractivity contribution in [3.63, 3.8) is 0 Å². The quantitative estimate of drug-likeness (QED) is 0.676. The molecule has 1 aromatic carbocycles. The van der Waals surface area contributed by atoms with Crippen LogP contribution in [0.1, 0.15) is 37.4 Å². The molecule has 30 heavy (non-hydrogen) atoms. The summed E-state index contributed by atoms with van der Waals surface area (Å²) in [5.41, 5.74) is 2.48. The third-order valence-corrected chi connectivity index (χ3v) is 7.58. The average Bonchev–Trinajstić information content (AvgIpc) is 3.37. The van der Waals surface area contributed by atoms with Gasteiger partial charge in [0.25, 0.3) is 0 Å². The molecule has 0 unspecified atom stereocenters. The SMILES string of the molecule is Cc1csc(NC(=O)CCNS(=O)(=O)c2ccc3c(c2)C[C@@H](C)N3C(=O)C2CC2)n1. The number of aromatic nitrogens is 1. The fourth-order valence-corrected chi connectivity index (χ4v) is 5.40. The number of nitrogens with zero attached hydrogens (tertiary/aromatic N) is 2. The Morgan fingerprint density at radius 1 is 1.30 bits per heavy atom. The zero-order valence-corrected chi connectivity index (χ0v) is 18.5. The summed E-state index contributed by atoms with van der Waals surface area (Å²) in [5, 5.41) is 4.98. The Balaban J connectivity index is 1.38. The Morgan fingerprint density at radius 3 is 2.73 bits per heavy atom. The van der Waals surface area contributed by atoms with Crippen molar-refractivity contribution in [2.24, 2.45) is 5.92 Å². The van der Waals surface area contributed by atoms with Crippen molar-refractivity contribution in [2.45, 2.75) is 50.5 Å². The summed E-state index contributed by atoms with van der Waals surface area (Å²) in [4.78, 5) is 30.6. The van der Waals surface area contributed by atoms with Gasteiger partial charge in [0.1, 0.15) is 0 Å². The molecule has 2 aromatic rings. The molecule has 1 aromatic heterocycles. The van der Waals surface area contributed by atoms with E-state index < -0.39 is 10.0 Å². The minimum Gasteiger partial charge on any atom is -0.309 e. The zero-order chi connectivity index (χ0) is 21.5. The second kappa shape index (κ2) is 8.09. The van der Waals surface area contributed by atoms with E-state index in [9.17, 15) is 18.0 Å². The van der Waals surface area contributed by atoms with Crippen LogP contribution < -0.4 is 14.9 Å². The zero-order valence-electron chi connectivity index (χ0n) is 16.8. The van der Waals surface area contributed by atoms with Crippen molar-refractivity contribution in [3.05, 3.63) is 34.8 Å². The summed E-state index contributed by atoms with van der Waals surface area (Å²) < 4.78 is 27.8. The molecule has 0 bridgehead atoms. The molecule has 1 aliphatic heterocycles. The third kappa shape index (κ3) is 4.40. The predicted molar refractivity (Wildman–Crippen MR) is 115 cm³/mol. The van der Waals surface area contributed by atoms with Crippen LogP contribution in [0.25, 0.3) is 0 Å². The maximum atomic E-state index is 12.7. The molecule has 1 fully saturated rings. The monoisotopic (exact) mass is 448 g/mol. The van der Waals surface area contributed by atoms with E-state index in [-0.39, 0.29) is 41.6 Å². The smallest absolute Gasteiger partial charge is 0.240 e. The standard InChI is InChI=1S/C20H24N4O4S2/c1-12-11-29-20(22-12)23-18(25)7-8-21-30(27,28)16-5-6-17-15(10-16)9-13(2)24(17)19(26)14-3-4-14/h5-6,10-11,13-14,21H,3-4,7-9H2,1-2H3,(H,22,23,25)/t13-/m1/s1. The molecule has 2 heterocycles. The molecule has 2 amide bonds. The number of hydrogen-bond acceptors (Lipinski definition) is 6. The number of hydrogen-bond donors (Lipinski definition) is 2. The number of nitrogens with one attached hydrogen (secondary N) is 2. The molecular formula is C20H24N4O4S2. The molecular weight excluding hydrogens is 424 g/mol. The molecule has 0 spiro atoms. The largest absolute Gasteiger partial charge is 0.309 e. The van der Waals surface area contributed by atoms with E-state index in [2.05, 4.69) is 15.0 Å². The van der Waals surface area contributed by atoms with Crippen molar-refractivity contribution in [3.8, 4) is 0 Å². The van der Waals surface area contributed by atoms with Crippen LogP contribution in [-0.2, 0) is 26.0 Å². The number of sulfonamides is 1. The Kier molecular flexibility index (Phi) is 5.65. The highest BCUT2D eigenvalue weighted by Crippen LogP contribution is 2.39. The van der Waals surface area contributed by atoms with Crippen molar-refractivity contribution in [1.82, 2.24) is 9.71 Å². The number of fused-ring (bicyclic) bond motifs is 1. The van der Waals surface area contributed by atoms with Gasteiger partial charge in [0.2, 0.25) is 21.8 Å². The van der Waals surface area contributed by atoms with Gasteiger partial charge in [0, 0.05) is 36.0 Å². The Morgan fingerprint density at radius 2 is 2.07 bits per heavy atom. The van der Waals surface area contributed by atoms with Gasteiger partial charge in [-0.05, 0) is 56.9 Å². The van der Waals surface area contributed by atoms with Gasteiger partial charge in [-0.15, -0.1) is 11.3 Å². The first-order valence-electron chi connectivity index (χ1n) is 9.92. The van der Waals surface area contributed by atoms with Crippen LogP contribution in [0, 0.1) is 12.8 Å². The molecule has 0 saturated heterocycles. The predicted octanol–water partition coefficient (Wildman–Crippen LogP) is 2.45. The molecule has 2 N–H and O–H groups in total. The highest BCUT2D eigenvalue weighted by molar-refractivity contribution is 7.89. The second-order valence-corrected chi connectivity index (χ2v) is 10.4. The van der Waals surface area contributed by atoms with Crippen LogP contribution in [0.15, 0.2) is 28.5 Å². The molecule has 1 aliphatic carbocycles. The van der Waals surface area contributed by atoms with Gasteiger partial charge in [0.15, 0.2) is 5.13 Å². The van der Waals surface area contributed by atoms with E-state index in [0.717, 1.165) is 29.8 Å². The van der Waals surface area contributed by atoms with E-state index in [4.69, 9.17) is 0 Å². The number of thiazole rings is 1. The van der Waals surface area contributed by atoms with Crippen molar-refractivity contribution in [1.29, 1.82) is 0 Å². The van der Waals surface area contributed by atoms with Crippen LogP contribution in [0.4, 0.5) is 10.8 Å². The second-order valence-electron chi connectivity index (χ2n) is 7.82. The number of benzene rings is 1. The number of amides is 2. The topological polar surface area (TPSA) is 108 Å². The number of anilines is 2. The van der Waals surface area contributed by atoms with Gasteiger partial charge in [-0.1, -0.05) is 0 Å². The lowest BCUT2D eigenvalue weighted by Crippen LogP contribution is -2.36. The van der Waals surface area contributed by atoms with Gasteiger partial charge in [-0.3, -0.25) is 9.59 Å². The fourth-order valence-electron chi connectivity index (χ4n) is 3.61. The Hall–Kier alpha value is -2.30. The van der Waals surface area contributed by atoms with Crippen LogP contribution >= 0.6 is 11.3 Å². The maximum Gasteiger partial charge on any atom is 0.240 e. The van der Waals surface area contributed by atoms with Crippen molar-refractivity contribution >= 4 is 44.0 Å². The van der Waals surface area contributed by atoms with Gasteiger partial charge in [-0.25, -0.2) is 18.1 Å². The average molecular weight is 449 g/mol. The number of carbonyl (C=O) groups excluding carboxylic acids is 2. The van der Waals surface area contributed by atoms with Gasteiger partial charge in [0.05, 0.1) is 10.6 Å². The van der Waals surface area contributed by atoms with Crippen LogP contribution in [0.3, 0.4) is 0 Å². The lowest BCUT2D eigenvalue weighted by atomic mass is 10.1. The molecule has 1 atom stereocenters. The molecule has 8 nitrogen and oxygen atoms in total. The van der Waals surface area contributed by atoms with Crippen LogP contribution in [0.5, 0.6) is 0 Å². The van der Waals surface area contributed by atoms with Gasteiger partial charge in [-0.2, -0.15) is 0 Å². The van der Waals surface area contributed by atoms with Crippen LogP contribution in [0.2, 0.25) is 0 Å². The van der Waals surface area contributed by atoms with E-state index in [1.165, 1.54) is 17.4 Å². The summed E-state index contributed by atoms with van der Waals surface area (Å²) in [7, 11) is -3.75. The molecule has 0 radical (unpaired) electrons. The van der Waals surface area contributed by atoms with E-state index in [1.807, 2.05) is 24.1 Å². The first kappa shape index (κ1) is 21.0. The van der Waals surface area contributed by atoms with E-state index in [1.54, 1.807) is 12.1 Å². The summed E-state index contributed by atoms with van der Waals surface area (Å²) in [5.74, 6) is -0.0524. The van der Waals surface area contributed by atoms with Gasteiger partial charge >= 0.3 is 0 Å². The first-order chi connectivity index (χ1) is 14.2. The van der Waals surface area contributed by atoms with E-state index in [0.29, 0.717) is 11.6 Å². The van der Waals surface area contributed by atoms with Crippen molar-refractivity contribution < 1.29 is 18.0 Å². The molecule has 160 valence electrons. The van der Waals surface area contributed by atoms with Gasteiger partial charge < -0.3 is 10.2 Å². The summed E-state index contributed by atoms with van der Waals surface area (Å²) in [6.45, 7) is 3.80. The lowest BCUT2D eigenvalue weighted by Gasteiger charge is -2.22. The molecule has 4 rings (SSSR count). The van der Waals surface area contributed by atoms with Crippen molar-refractivity contribution in [2.75, 3.05) is 16.8 Å². The maximum absolute atomic E-state index is 12.7. The Bertz CT molecular complexity index is 1090. The summed E-state index contributed by atoms with van der Waals surface area (Å²) >= 11 is 1.32. The summed E-state index contributed by atoms with van der Waals surface area (Å²) in [6.07, 6.45) is 2.50. The Labute approximate surface area is 179 Å². The number of carbonyl (C=O) groups is 2. The first-order valence-corrected chi connectivity index (χ1v) is 12.3. The highest BCUT2D eigenvalue weighted by Gasteiger charge is 2.39. The normalized spacial score (nSPS) is 18.3. The van der Waals surface area contributed by atoms with E-state index >= 15 is 0 Å².